The topological polar surface area (TPSA) is 91.1 Å². The van der Waals surface area contributed by atoms with E-state index in [0.717, 1.165) is 0 Å². The summed E-state index contributed by atoms with van der Waals surface area (Å²) >= 11 is 0. The molecule has 0 bridgehead atoms. The van der Waals surface area contributed by atoms with Gasteiger partial charge in [-0.1, -0.05) is 0 Å². The van der Waals surface area contributed by atoms with E-state index in [1.165, 1.54) is 0 Å². The highest BCUT2D eigenvalue weighted by atomic mass is 16.3. The second-order valence-corrected chi connectivity index (χ2v) is 3.08. The Morgan fingerprint density at radius 1 is 1.69 bits per heavy atom. The van der Waals surface area contributed by atoms with Crippen LogP contribution >= 0.6 is 0 Å². The molecule has 1 rings (SSSR count). The highest BCUT2D eigenvalue weighted by Crippen LogP contribution is 2.06. The van der Waals surface area contributed by atoms with Crippen LogP contribution < -0.4 is 10.6 Å². The van der Waals surface area contributed by atoms with Crippen LogP contribution in [0.2, 0.25) is 0 Å². The van der Waals surface area contributed by atoms with Crippen molar-refractivity contribution in [3.8, 4) is 0 Å². The molecule has 0 spiro atoms. The maximum Gasteiger partial charge on any atom is 0.246 e. The number of aromatic amines is 1. The Balaban J connectivity index is 2.44. The van der Waals surface area contributed by atoms with Crippen LogP contribution in [0.1, 0.15) is 13.3 Å². The van der Waals surface area contributed by atoms with Gasteiger partial charge < -0.3 is 15.7 Å². The van der Waals surface area contributed by atoms with Crippen LogP contribution in [0.25, 0.3) is 0 Å². The molecule has 0 aliphatic carbocycles. The molecule has 0 fully saturated rings. The van der Waals surface area contributed by atoms with Crippen LogP contribution in [0, 0.1) is 0 Å². The average molecular weight is 185 g/mol. The zero-order valence-corrected chi connectivity index (χ0v) is 7.86. The van der Waals surface area contributed by atoms with Crippen LogP contribution in [0.4, 0.5) is 11.9 Å². The predicted octanol–water partition coefficient (Wildman–Crippen LogP) is -0.406. The molecule has 74 valence electrons. The van der Waals surface area contributed by atoms with Gasteiger partial charge in [-0.2, -0.15) is 4.98 Å². The fourth-order valence-electron chi connectivity index (χ4n) is 0.916. The van der Waals surface area contributed by atoms with E-state index < -0.39 is 0 Å². The van der Waals surface area contributed by atoms with E-state index in [2.05, 4.69) is 15.2 Å². The third-order valence-electron chi connectivity index (χ3n) is 1.71. The summed E-state index contributed by atoms with van der Waals surface area (Å²) in [4.78, 5) is 5.78. The standard InChI is InChI=1S/C7H15N5O/c1-5(13)3-4-12(2)7-9-6(8)10-11-7/h5,13H,3-4H2,1-2H3,(H3,8,9,10,11). The van der Waals surface area contributed by atoms with Crippen molar-refractivity contribution in [1.82, 2.24) is 15.2 Å². The highest BCUT2D eigenvalue weighted by molar-refractivity contribution is 5.32. The van der Waals surface area contributed by atoms with Gasteiger partial charge in [-0.25, -0.2) is 5.10 Å². The summed E-state index contributed by atoms with van der Waals surface area (Å²) in [5.74, 6) is 0.858. The number of aliphatic hydroxyl groups excluding tert-OH is 1. The van der Waals surface area contributed by atoms with Gasteiger partial charge in [0.05, 0.1) is 6.10 Å². The first-order chi connectivity index (χ1) is 6.09. The van der Waals surface area contributed by atoms with Crippen molar-refractivity contribution >= 4 is 11.9 Å². The van der Waals surface area contributed by atoms with Gasteiger partial charge >= 0.3 is 0 Å². The number of rotatable bonds is 4. The molecule has 0 saturated heterocycles. The summed E-state index contributed by atoms with van der Waals surface area (Å²) in [5.41, 5.74) is 5.37. The van der Waals surface area contributed by atoms with E-state index in [0.29, 0.717) is 24.9 Å². The highest BCUT2D eigenvalue weighted by Gasteiger charge is 2.07. The van der Waals surface area contributed by atoms with Crippen molar-refractivity contribution in [3.05, 3.63) is 0 Å². The maximum absolute atomic E-state index is 9.05. The number of aromatic nitrogens is 3. The molecular formula is C7H15N5O. The summed E-state index contributed by atoms with van der Waals surface area (Å²) in [7, 11) is 1.85. The van der Waals surface area contributed by atoms with E-state index in [1.54, 1.807) is 6.92 Å². The van der Waals surface area contributed by atoms with Gasteiger partial charge in [0.2, 0.25) is 11.9 Å². The van der Waals surface area contributed by atoms with Crippen molar-refractivity contribution in [1.29, 1.82) is 0 Å². The minimum Gasteiger partial charge on any atom is -0.393 e. The first kappa shape index (κ1) is 9.79. The Morgan fingerprint density at radius 2 is 2.38 bits per heavy atom. The number of nitrogen functional groups attached to an aromatic ring is 1. The smallest absolute Gasteiger partial charge is 0.246 e. The summed E-state index contributed by atoms with van der Waals surface area (Å²) in [5, 5.41) is 15.5. The monoisotopic (exact) mass is 185 g/mol. The lowest BCUT2D eigenvalue weighted by Gasteiger charge is -2.14. The van der Waals surface area contributed by atoms with Crippen LogP contribution in [0.5, 0.6) is 0 Å². The molecule has 1 heterocycles. The third kappa shape index (κ3) is 2.90. The molecule has 4 N–H and O–H groups in total. The molecule has 0 amide bonds. The van der Waals surface area contributed by atoms with Crippen LogP contribution in [-0.2, 0) is 0 Å². The van der Waals surface area contributed by atoms with Gasteiger partial charge in [0.15, 0.2) is 0 Å². The minimum atomic E-state index is -0.307. The number of anilines is 2. The Labute approximate surface area is 76.8 Å². The van der Waals surface area contributed by atoms with Crippen molar-refractivity contribution in [2.45, 2.75) is 19.4 Å². The molecule has 1 atom stereocenters. The van der Waals surface area contributed by atoms with Crippen LogP contribution in [0.3, 0.4) is 0 Å². The number of nitrogens with two attached hydrogens (primary N) is 1. The normalized spacial score (nSPS) is 12.8. The van der Waals surface area contributed by atoms with Crippen LogP contribution in [-0.4, -0.2) is 40.0 Å². The molecule has 6 heteroatoms. The first-order valence-corrected chi connectivity index (χ1v) is 4.16. The lowest BCUT2D eigenvalue weighted by atomic mass is 10.3. The van der Waals surface area contributed by atoms with Crippen molar-refractivity contribution in [2.75, 3.05) is 24.2 Å². The predicted molar refractivity (Wildman–Crippen MR) is 50.4 cm³/mol. The lowest BCUT2D eigenvalue weighted by Crippen LogP contribution is -2.22. The summed E-state index contributed by atoms with van der Waals surface area (Å²) in [6.45, 7) is 2.45. The number of nitrogens with one attached hydrogen (secondary N) is 1. The Bertz CT molecular complexity index is 259. The summed E-state index contributed by atoms with van der Waals surface area (Å²) < 4.78 is 0. The molecule has 1 aromatic rings. The number of hydrogen-bond acceptors (Lipinski definition) is 5. The quantitative estimate of drug-likeness (QED) is 0.593. The second-order valence-electron chi connectivity index (χ2n) is 3.08. The molecule has 0 aliphatic rings. The molecular weight excluding hydrogens is 170 g/mol. The molecule has 0 aliphatic heterocycles. The number of hydrogen-bond donors (Lipinski definition) is 3. The van der Waals surface area contributed by atoms with Gasteiger partial charge in [-0.05, 0) is 13.3 Å². The first-order valence-electron chi connectivity index (χ1n) is 4.16. The van der Waals surface area contributed by atoms with Crippen molar-refractivity contribution < 1.29 is 5.11 Å². The Kier molecular flexibility index (Phi) is 3.07. The molecule has 1 aromatic heterocycles. The second kappa shape index (κ2) is 4.08. The van der Waals surface area contributed by atoms with Gasteiger partial charge in [0.1, 0.15) is 0 Å². The van der Waals surface area contributed by atoms with Crippen molar-refractivity contribution in [2.24, 2.45) is 0 Å². The molecule has 0 radical (unpaired) electrons. The lowest BCUT2D eigenvalue weighted by molar-refractivity contribution is 0.186. The van der Waals surface area contributed by atoms with E-state index in [-0.39, 0.29) is 6.10 Å². The van der Waals surface area contributed by atoms with Gasteiger partial charge in [-0.15, -0.1) is 5.10 Å². The number of aliphatic hydroxyl groups is 1. The molecule has 6 nitrogen and oxygen atoms in total. The Morgan fingerprint density at radius 3 is 2.85 bits per heavy atom. The Hall–Kier alpha value is -1.30. The number of H-pyrrole nitrogens is 1. The largest absolute Gasteiger partial charge is 0.393 e. The molecule has 0 saturated carbocycles. The SMILES string of the molecule is CC(O)CCN(C)c1n[nH]c(N)n1. The van der Waals surface area contributed by atoms with Gasteiger partial charge in [-0.3, -0.25) is 0 Å². The van der Waals surface area contributed by atoms with E-state index >= 15 is 0 Å². The summed E-state index contributed by atoms with van der Waals surface area (Å²) in [6, 6.07) is 0. The minimum absolute atomic E-state index is 0.305. The molecule has 0 aromatic carbocycles. The fraction of sp³-hybridized carbons (Fsp3) is 0.714. The van der Waals surface area contributed by atoms with Gasteiger partial charge in [0.25, 0.3) is 0 Å². The number of nitrogens with zero attached hydrogens (tertiary/aromatic N) is 3. The van der Waals surface area contributed by atoms with Crippen LogP contribution in [0.15, 0.2) is 0 Å². The summed E-state index contributed by atoms with van der Waals surface area (Å²) in [6.07, 6.45) is 0.379. The van der Waals surface area contributed by atoms with E-state index in [4.69, 9.17) is 10.8 Å². The fourth-order valence-corrected chi connectivity index (χ4v) is 0.916. The van der Waals surface area contributed by atoms with E-state index in [1.807, 2.05) is 11.9 Å². The van der Waals surface area contributed by atoms with Crippen molar-refractivity contribution in [3.63, 3.8) is 0 Å². The average Bonchev–Trinajstić information content (AvgIpc) is 2.47. The molecule has 13 heavy (non-hydrogen) atoms. The van der Waals surface area contributed by atoms with E-state index in [9.17, 15) is 0 Å². The molecule has 1 unspecified atom stereocenters. The zero-order chi connectivity index (χ0) is 9.84. The van der Waals surface area contributed by atoms with Gasteiger partial charge in [0, 0.05) is 13.6 Å². The zero-order valence-electron chi connectivity index (χ0n) is 7.86. The maximum atomic E-state index is 9.05. The third-order valence-corrected chi connectivity index (χ3v) is 1.71.